The number of benzene rings is 2. The number of esters is 1. The minimum atomic E-state index is -0.585. The SMILES string of the molecule is COC(=O)CC(NC(=O)c1cnn(-c2ccc(Cl)cc2Cl)c1)c1ccc(OC)cc1. The molecule has 1 amide bonds. The number of aromatic nitrogens is 2. The van der Waals surface area contributed by atoms with Gasteiger partial charge in [-0.05, 0) is 35.9 Å². The molecule has 0 saturated heterocycles. The van der Waals surface area contributed by atoms with Crippen molar-refractivity contribution in [3.8, 4) is 11.4 Å². The fourth-order valence-corrected chi connectivity index (χ4v) is 3.31. The molecular weight excluding hydrogens is 429 g/mol. The minimum absolute atomic E-state index is 0.0221. The molecule has 1 heterocycles. The normalized spacial score (nSPS) is 11.6. The number of rotatable bonds is 7. The number of hydrogen-bond donors (Lipinski definition) is 1. The van der Waals surface area contributed by atoms with E-state index in [4.69, 9.17) is 32.7 Å². The van der Waals surface area contributed by atoms with E-state index in [1.807, 2.05) is 0 Å². The molecular formula is C21H19Cl2N3O4. The van der Waals surface area contributed by atoms with Crippen molar-refractivity contribution < 1.29 is 19.1 Å². The topological polar surface area (TPSA) is 82.5 Å². The maximum atomic E-state index is 12.8. The first-order valence-electron chi connectivity index (χ1n) is 8.93. The van der Waals surface area contributed by atoms with Crippen molar-refractivity contribution in [2.45, 2.75) is 12.5 Å². The van der Waals surface area contributed by atoms with Gasteiger partial charge in [0.2, 0.25) is 0 Å². The van der Waals surface area contributed by atoms with Gasteiger partial charge in [0.25, 0.3) is 5.91 Å². The molecule has 3 aromatic rings. The summed E-state index contributed by atoms with van der Waals surface area (Å²) in [5.41, 5.74) is 1.63. The number of halogens is 2. The van der Waals surface area contributed by atoms with E-state index in [1.165, 1.54) is 18.0 Å². The maximum Gasteiger partial charge on any atom is 0.307 e. The summed E-state index contributed by atoms with van der Waals surface area (Å²) in [5, 5.41) is 7.95. The van der Waals surface area contributed by atoms with Gasteiger partial charge in [-0.3, -0.25) is 9.59 Å². The van der Waals surface area contributed by atoms with Crippen LogP contribution in [0, 0.1) is 0 Å². The number of ether oxygens (including phenoxy) is 2. The number of carbonyl (C=O) groups is 2. The van der Waals surface area contributed by atoms with Gasteiger partial charge in [-0.25, -0.2) is 4.68 Å². The summed E-state index contributed by atoms with van der Waals surface area (Å²) in [4.78, 5) is 24.7. The van der Waals surface area contributed by atoms with Crippen LogP contribution in [0.2, 0.25) is 10.0 Å². The van der Waals surface area contributed by atoms with E-state index in [2.05, 4.69) is 10.4 Å². The van der Waals surface area contributed by atoms with Crippen molar-refractivity contribution in [2.24, 2.45) is 0 Å². The van der Waals surface area contributed by atoms with Crippen molar-refractivity contribution >= 4 is 35.1 Å². The zero-order valence-electron chi connectivity index (χ0n) is 16.3. The van der Waals surface area contributed by atoms with Crippen LogP contribution in [0.1, 0.15) is 28.4 Å². The van der Waals surface area contributed by atoms with Gasteiger partial charge < -0.3 is 14.8 Å². The smallest absolute Gasteiger partial charge is 0.307 e. The van der Waals surface area contributed by atoms with Crippen LogP contribution in [-0.4, -0.2) is 35.9 Å². The second kappa shape index (κ2) is 9.65. The van der Waals surface area contributed by atoms with Crippen LogP contribution in [0.25, 0.3) is 5.69 Å². The lowest BCUT2D eigenvalue weighted by Gasteiger charge is -2.18. The molecule has 2 aromatic carbocycles. The highest BCUT2D eigenvalue weighted by Gasteiger charge is 2.21. The first-order valence-corrected chi connectivity index (χ1v) is 9.68. The first kappa shape index (κ1) is 21.7. The van der Waals surface area contributed by atoms with Crippen molar-refractivity contribution in [1.29, 1.82) is 0 Å². The maximum absolute atomic E-state index is 12.8. The Morgan fingerprint density at radius 3 is 2.50 bits per heavy atom. The Hall–Kier alpha value is -3.03. The molecule has 1 N–H and O–H groups in total. The quantitative estimate of drug-likeness (QED) is 0.548. The summed E-state index contributed by atoms with van der Waals surface area (Å²) in [6.07, 6.45) is 2.95. The van der Waals surface area contributed by atoms with Gasteiger partial charge >= 0.3 is 5.97 Å². The van der Waals surface area contributed by atoms with Crippen LogP contribution >= 0.6 is 23.2 Å². The summed E-state index contributed by atoms with van der Waals surface area (Å²) < 4.78 is 11.4. The molecule has 0 spiro atoms. The average molecular weight is 448 g/mol. The van der Waals surface area contributed by atoms with Gasteiger partial charge in [0, 0.05) is 11.2 Å². The predicted octanol–water partition coefficient (Wildman–Crippen LogP) is 4.22. The third-order valence-corrected chi connectivity index (χ3v) is 4.96. The third-order valence-electron chi connectivity index (χ3n) is 4.42. The molecule has 0 aliphatic heterocycles. The third kappa shape index (κ3) is 5.11. The van der Waals surface area contributed by atoms with E-state index in [0.29, 0.717) is 27.0 Å². The number of amides is 1. The Kier molecular flexibility index (Phi) is 6.97. The summed E-state index contributed by atoms with van der Waals surface area (Å²) in [5.74, 6) is -0.168. The zero-order chi connectivity index (χ0) is 21.7. The summed E-state index contributed by atoms with van der Waals surface area (Å²) in [6, 6.07) is 11.5. The van der Waals surface area contributed by atoms with E-state index < -0.39 is 17.9 Å². The molecule has 1 aromatic heterocycles. The van der Waals surface area contributed by atoms with Crippen molar-refractivity contribution in [2.75, 3.05) is 14.2 Å². The van der Waals surface area contributed by atoms with Crippen LogP contribution in [0.15, 0.2) is 54.9 Å². The lowest BCUT2D eigenvalue weighted by Crippen LogP contribution is -2.30. The Morgan fingerprint density at radius 2 is 1.87 bits per heavy atom. The van der Waals surface area contributed by atoms with Gasteiger partial charge in [0.1, 0.15) is 5.75 Å². The zero-order valence-corrected chi connectivity index (χ0v) is 17.8. The van der Waals surface area contributed by atoms with Gasteiger partial charge in [0.05, 0.1) is 49.2 Å². The molecule has 0 radical (unpaired) electrons. The van der Waals surface area contributed by atoms with E-state index in [-0.39, 0.29) is 6.42 Å². The molecule has 0 aliphatic rings. The van der Waals surface area contributed by atoms with Crippen LogP contribution in [0.4, 0.5) is 0 Å². The van der Waals surface area contributed by atoms with Crippen LogP contribution < -0.4 is 10.1 Å². The number of carbonyl (C=O) groups excluding carboxylic acids is 2. The highest BCUT2D eigenvalue weighted by Crippen LogP contribution is 2.25. The lowest BCUT2D eigenvalue weighted by molar-refractivity contribution is -0.141. The number of nitrogens with zero attached hydrogens (tertiary/aromatic N) is 2. The molecule has 0 fully saturated rings. The van der Waals surface area contributed by atoms with E-state index in [0.717, 1.165) is 5.56 Å². The molecule has 9 heteroatoms. The monoisotopic (exact) mass is 447 g/mol. The predicted molar refractivity (Wildman–Crippen MR) is 113 cm³/mol. The number of hydrogen-bond acceptors (Lipinski definition) is 5. The first-order chi connectivity index (χ1) is 14.4. The van der Waals surface area contributed by atoms with Gasteiger partial charge in [-0.2, -0.15) is 5.10 Å². The number of nitrogens with one attached hydrogen (secondary N) is 1. The molecule has 3 rings (SSSR count). The number of methoxy groups -OCH3 is 2. The average Bonchev–Trinajstić information content (AvgIpc) is 3.23. The second-order valence-corrected chi connectivity index (χ2v) is 7.19. The van der Waals surface area contributed by atoms with Crippen LogP contribution in [0.3, 0.4) is 0 Å². The highest BCUT2D eigenvalue weighted by molar-refractivity contribution is 6.35. The van der Waals surface area contributed by atoms with Crippen LogP contribution in [-0.2, 0) is 9.53 Å². The summed E-state index contributed by atoms with van der Waals surface area (Å²) >= 11 is 12.1. The van der Waals surface area contributed by atoms with Gasteiger partial charge in [-0.15, -0.1) is 0 Å². The Labute approximate surface area is 183 Å². The second-order valence-electron chi connectivity index (χ2n) is 6.35. The van der Waals surface area contributed by atoms with E-state index in [1.54, 1.807) is 55.8 Å². The van der Waals surface area contributed by atoms with Crippen LogP contribution in [0.5, 0.6) is 5.75 Å². The highest BCUT2D eigenvalue weighted by atomic mass is 35.5. The standard InChI is InChI=1S/C21H19Cl2N3O4/c1-29-16-6-3-13(4-7-16)18(10-20(27)30-2)25-21(28)14-11-24-26(12-14)19-8-5-15(22)9-17(19)23/h3-9,11-12,18H,10H2,1-2H3,(H,25,28). The molecule has 1 atom stereocenters. The minimum Gasteiger partial charge on any atom is -0.497 e. The lowest BCUT2D eigenvalue weighted by atomic mass is 10.0. The largest absolute Gasteiger partial charge is 0.497 e. The Morgan fingerprint density at radius 1 is 1.13 bits per heavy atom. The molecule has 7 nitrogen and oxygen atoms in total. The Balaban J connectivity index is 1.81. The summed E-state index contributed by atoms with van der Waals surface area (Å²) in [7, 11) is 2.86. The summed E-state index contributed by atoms with van der Waals surface area (Å²) in [6.45, 7) is 0. The fourth-order valence-electron chi connectivity index (χ4n) is 2.82. The molecule has 1 unspecified atom stereocenters. The van der Waals surface area contributed by atoms with Crippen molar-refractivity contribution in [3.63, 3.8) is 0 Å². The van der Waals surface area contributed by atoms with Crippen molar-refractivity contribution in [3.05, 3.63) is 76.0 Å². The molecule has 156 valence electrons. The molecule has 0 bridgehead atoms. The molecule has 0 saturated carbocycles. The van der Waals surface area contributed by atoms with Gasteiger partial charge in [0.15, 0.2) is 0 Å². The molecule has 30 heavy (non-hydrogen) atoms. The molecule has 0 aliphatic carbocycles. The van der Waals surface area contributed by atoms with E-state index in [9.17, 15) is 9.59 Å². The Bertz CT molecular complexity index is 1050. The van der Waals surface area contributed by atoms with Crippen molar-refractivity contribution in [1.82, 2.24) is 15.1 Å². The van der Waals surface area contributed by atoms with E-state index >= 15 is 0 Å². The van der Waals surface area contributed by atoms with Gasteiger partial charge in [-0.1, -0.05) is 35.3 Å². The fraction of sp³-hybridized carbons (Fsp3) is 0.190.